The second-order valence-electron chi connectivity index (χ2n) is 6.81. The lowest BCUT2D eigenvalue weighted by Gasteiger charge is -2.19. The largest absolute Gasteiger partial charge is 0.349 e. The number of amides is 1. The van der Waals surface area contributed by atoms with Gasteiger partial charge in [0.05, 0.1) is 0 Å². The molecule has 2 aliphatic rings. The number of piperidine rings is 1. The molecule has 1 aromatic rings. The summed E-state index contributed by atoms with van der Waals surface area (Å²) in [4.78, 5) is 12.2. The molecule has 2 unspecified atom stereocenters. The number of nitrogens with one attached hydrogen (secondary N) is 2. The number of carbonyl (C=O) groups is 1. The Bertz CT molecular complexity index is 476. The molecule has 1 aliphatic carbocycles. The fraction of sp³-hybridized carbons (Fsp3) is 0.562. The maximum Gasteiger partial charge on any atom is 0.251 e. The molecule has 1 aliphatic heterocycles. The van der Waals surface area contributed by atoms with Crippen LogP contribution in [0, 0.1) is 11.8 Å². The Balaban J connectivity index is 1.64. The molecule has 1 saturated carbocycles. The summed E-state index contributed by atoms with van der Waals surface area (Å²) in [6.45, 7) is 8.65. The summed E-state index contributed by atoms with van der Waals surface area (Å²) in [5.41, 5.74) is 2.16. The molecule has 2 fully saturated rings. The maximum absolute atomic E-state index is 12.2. The van der Waals surface area contributed by atoms with Crippen LogP contribution in [0.1, 0.15) is 36.7 Å². The average Bonchev–Trinajstić information content (AvgIpc) is 2.81. The lowest BCUT2D eigenvalue weighted by Crippen LogP contribution is -2.32. The molecule has 0 bridgehead atoms. The molecule has 1 amide bonds. The van der Waals surface area contributed by atoms with Gasteiger partial charge >= 0.3 is 0 Å². The first-order valence-corrected chi connectivity index (χ1v) is 7.09. The second-order valence-corrected chi connectivity index (χ2v) is 6.81. The Kier molecular flexibility index (Phi) is 2.90. The van der Waals surface area contributed by atoms with Crippen LogP contribution in [0.15, 0.2) is 24.3 Å². The Hall–Kier alpha value is -1.35. The van der Waals surface area contributed by atoms with Gasteiger partial charge in [-0.3, -0.25) is 4.79 Å². The van der Waals surface area contributed by atoms with Crippen molar-refractivity contribution in [2.24, 2.45) is 11.8 Å². The van der Waals surface area contributed by atoms with E-state index in [2.05, 4.69) is 43.5 Å². The van der Waals surface area contributed by atoms with Gasteiger partial charge in [-0.1, -0.05) is 32.9 Å². The van der Waals surface area contributed by atoms with E-state index in [-0.39, 0.29) is 11.3 Å². The third-order valence-electron chi connectivity index (χ3n) is 4.40. The van der Waals surface area contributed by atoms with E-state index in [1.54, 1.807) is 0 Å². The maximum atomic E-state index is 12.2. The number of rotatable bonds is 2. The molecule has 0 aromatic heterocycles. The molecule has 1 saturated heterocycles. The summed E-state index contributed by atoms with van der Waals surface area (Å²) in [6, 6.07) is 8.39. The molecule has 2 N–H and O–H groups in total. The first kappa shape index (κ1) is 12.7. The molecule has 1 heterocycles. The molecule has 3 rings (SSSR count). The summed E-state index contributed by atoms with van der Waals surface area (Å²) >= 11 is 0. The number of benzene rings is 1. The van der Waals surface area contributed by atoms with E-state index in [1.807, 2.05) is 12.1 Å². The number of hydrogen-bond acceptors (Lipinski definition) is 2. The van der Waals surface area contributed by atoms with Crippen molar-refractivity contribution >= 4 is 5.91 Å². The lowest BCUT2D eigenvalue weighted by atomic mass is 9.87. The number of fused-ring (bicyclic) bond motifs is 1. The fourth-order valence-electron chi connectivity index (χ4n) is 2.99. The van der Waals surface area contributed by atoms with Crippen molar-refractivity contribution in [3.8, 4) is 0 Å². The molecule has 102 valence electrons. The highest BCUT2D eigenvalue weighted by atomic mass is 16.1. The highest BCUT2D eigenvalue weighted by Gasteiger charge is 2.53. The van der Waals surface area contributed by atoms with E-state index >= 15 is 0 Å². The summed E-state index contributed by atoms with van der Waals surface area (Å²) in [5, 5.41) is 6.49. The third-order valence-corrected chi connectivity index (χ3v) is 4.40. The minimum Gasteiger partial charge on any atom is -0.349 e. The Morgan fingerprint density at radius 1 is 1.16 bits per heavy atom. The van der Waals surface area contributed by atoms with Gasteiger partial charge in [0.1, 0.15) is 0 Å². The second kappa shape index (κ2) is 4.34. The lowest BCUT2D eigenvalue weighted by molar-refractivity contribution is 0.0946. The van der Waals surface area contributed by atoms with Crippen molar-refractivity contribution in [1.29, 1.82) is 0 Å². The van der Waals surface area contributed by atoms with Gasteiger partial charge in [0, 0.05) is 24.7 Å². The Labute approximate surface area is 114 Å². The first-order valence-electron chi connectivity index (χ1n) is 7.09. The van der Waals surface area contributed by atoms with Crippen molar-refractivity contribution in [1.82, 2.24) is 10.6 Å². The van der Waals surface area contributed by atoms with Crippen LogP contribution < -0.4 is 10.6 Å². The van der Waals surface area contributed by atoms with Crippen LogP contribution >= 0.6 is 0 Å². The predicted octanol–water partition coefficient (Wildman–Crippen LogP) is 1.93. The normalized spacial score (nSPS) is 28.9. The van der Waals surface area contributed by atoms with Gasteiger partial charge in [0.15, 0.2) is 0 Å². The van der Waals surface area contributed by atoms with E-state index in [4.69, 9.17) is 0 Å². The molecular formula is C16H22N2O. The van der Waals surface area contributed by atoms with Gasteiger partial charge in [-0.05, 0) is 34.9 Å². The Morgan fingerprint density at radius 3 is 2.26 bits per heavy atom. The molecular weight excluding hydrogens is 236 g/mol. The van der Waals surface area contributed by atoms with E-state index < -0.39 is 0 Å². The van der Waals surface area contributed by atoms with Gasteiger partial charge in [-0.25, -0.2) is 0 Å². The van der Waals surface area contributed by atoms with Crippen LogP contribution in [0.5, 0.6) is 0 Å². The number of carbonyl (C=O) groups excluding carboxylic acids is 1. The quantitative estimate of drug-likeness (QED) is 0.851. The van der Waals surface area contributed by atoms with E-state index in [1.165, 1.54) is 5.56 Å². The highest BCUT2D eigenvalue weighted by molar-refractivity contribution is 5.94. The smallest absolute Gasteiger partial charge is 0.251 e. The summed E-state index contributed by atoms with van der Waals surface area (Å²) < 4.78 is 0. The minimum absolute atomic E-state index is 0.0693. The van der Waals surface area contributed by atoms with Crippen molar-refractivity contribution in [3.05, 3.63) is 35.4 Å². The van der Waals surface area contributed by atoms with E-state index in [9.17, 15) is 4.79 Å². The SMILES string of the molecule is CC(C)(C)c1ccc(C(=O)NC2C3CNCC32)cc1. The predicted molar refractivity (Wildman–Crippen MR) is 76.2 cm³/mol. The standard InChI is InChI=1S/C16H22N2O/c1-16(2,3)11-6-4-10(5-7-11)15(19)18-14-12-8-17-9-13(12)14/h4-7,12-14,17H,8-9H2,1-3H3,(H,18,19). The average molecular weight is 258 g/mol. The van der Waals surface area contributed by atoms with Gasteiger partial charge in [0.25, 0.3) is 5.91 Å². The topological polar surface area (TPSA) is 41.1 Å². The minimum atomic E-state index is 0.0693. The molecule has 3 heteroatoms. The fourth-order valence-corrected chi connectivity index (χ4v) is 2.99. The van der Waals surface area contributed by atoms with Crippen molar-refractivity contribution < 1.29 is 4.79 Å². The molecule has 2 atom stereocenters. The highest BCUT2D eigenvalue weighted by Crippen LogP contribution is 2.41. The van der Waals surface area contributed by atoms with Crippen LogP contribution in [-0.2, 0) is 5.41 Å². The monoisotopic (exact) mass is 258 g/mol. The van der Waals surface area contributed by atoms with E-state index in [0.29, 0.717) is 17.9 Å². The van der Waals surface area contributed by atoms with Gasteiger partial charge in [0.2, 0.25) is 0 Å². The third kappa shape index (κ3) is 2.39. The zero-order valence-corrected chi connectivity index (χ0v) is 11.9. The van der Waals surface area contributed by atoms with Crippen LogP contribution in [0.2, 0.25) is 0 Å². The van der Waals surface area contributed by atoms with Crippen molar-refractivity contribution in [3.63, 3.8) is 0 Å². The molecule has 19 heavy (non-hydrogen) atoms. The van der Waals surface area contributed by atoms with Crippen LogP contribution in [0.4, 0.5) is 0 Å². The van der Waals surface area contributed by atoms with Gasteiger partial charge in [-0.2, -0.15) is 0 Å². The van der Waals surface area contributed by atoms with E-state index in [0.717, 1.165) is 18.7 Å². The zero-order chi connectivity index (χ0) is 13.6. The van der Waals surface area contributed by atoms with Crippen LogP contribution in [0.3, 0.4) is 0 Å². The molecule has 3 nitrogen and oxygen atoms in total. The van der Waals surface area contributed by atoms with Crippen LogP contribution in [0.25, 0.3) is 0 Å². The van der Waals surface area contributed by atoms with Crippen molar-refractivity contribution in [2.45, 2.75) is 32.2 Å². The summed E-state index contributed by atoms with van der Waals surface area (Å²) in [5.74, 6) is 1.40. The van der Waals surface area contributed by atoms with Gasteiger partial charge in [-0.15, -0.1) is 0 Å². The zero-order valence-electron chi connectivity index (χ0n) is 11.9. The number of hydrogen-bond donors (Lipinski definition) is 2. The summed E-state index contributed by atoms with van der Waals surface area (Å²) in [6.07, 6.45) is 0. The molecule has 1 aromatic carbocycles. The molecule has 0 spiro atoms. The van der Waals surface area contributed by atoms with Crippen LogP contribution in [-0.4, -0.2) is 25.0 Å². The summed E-state index contributed by atoms with van der Waals surface area (Å²) in [7, 11) is 0. The first-order chi connectivity index (χ1) is 8.97. The van der Waals surface area contributed by atoms with Crippen molar-refractivity contribution in [2.75, 3.05) is 13.1 Å². The Morgan fingerprint density at radius 2 is 1.74 bits per heavy atom. The molecule has 0 radical (unpaired) electrons. The van der Waals surface area contributed by atoms with Gasteiger partial charge < -0.3 is 10.6 Å².